The van der Waals surface area contributed by atoms with Crippen LogP contribution in [0.3, 0.4) is 0 Å². The third kappa shape index (κ3) is 2.28. The number of benzene rings is 1. The van der Waals surface area contributed by atoms with Crippen LogP contribution >= 0.6 is 0 Å². The average Bonchev–Trinajstić information content (AvgIpc) is 3.13. The first kappa shape index (κ1) is 10.3. The van der Waals surface area contributed by atoms with E-state index in [1.54, 1.807) is 0 Å². The predicted molar refractivity (Wildman–Crippen MR) is 66.2 cm³/mol. The lowest BCUT2D eigenvalue weighted by atomic mass is 10.1. The molecule has 2 aliphatic heterocycles. The van der Waals surface area contributed by atoms with Gasteiger partial charge in [0, 0.05) is 38.3 Å². The molecular formula is C14H20N2. The molecule has 0 spiro atoms. The molecule has 16 heavy (non-hydrogen) atoms. The van der Waals surface area contributed by atoms with Crippen LogP contribution < -0.4 is 0 Å². The highest BCUT2D eigenvalue weighted by Gasteiger charge is 2.29. The summed E-state index contributed by atoms with van der Waals surface area (Å²) in [6.45, 7) is 9.37. The van der Waals surface area contributed by atoms with Gasteiger partial charge >= 0.3 is 0 Å². The van der Waals surface area contributed by atoms with Gasteiger partial charge in [0.25, 0.3) is 0 Å². The van der Waals surface area contributed by atoms with Crippen LogP contribution in [0, 0.1) is 0 Å². The van der Waals surface area contributed by atoms with E-state index >= 15 is 0 Å². The van der Waals surface area contributed by atoms with Gasteiger partial charge in [-0.15, -0.1) is 0 Å². The molecule has 4 atom stereocenters. The summed E-state index contributed by atoms with van der Waals surface area (Å²) in [5, 5.41) is 0. The lowest BCUT2D eigenvalue weighted by Gasteiger charge is -2.06. The maximum absolute atomic E-state index is 2.49. The molecule has 3 rings (SSSR count). The zero-order chi connectivity index (χ0) is 11.1. The molecule has 86 valence electrons. The maximum Gasteiger partial charge on any atom is 0.0237 e. The molecule has 0 amide bonds. The smallest absolute Gasteiger partial charge is 0.0237 e. The van der Waals surface area contributed by atoms with Crippen molar-refractivity contribution in [1.29, 1.82) is 0 Å². The Morgan fingerprint density at radius 3 is 1.44 bits per heavy atom. The minimum atomic E-state index is 0.804. The second-order valence-electron chi connectivity index (χ2n) is 5.37. The summed E-state index contributed by atoms with van der Waals surface area (Å²) in [6, 6.07) is 10.8. The van der Waals surface area contributed by atoms with E-state index < -0.39 is 0 Å². The van der Waals surface area contributed by atoms with Crippen LogP contribution in [0.15, 0.2) is 24.3 Å². The first-order valence-electron chi connectivity index (χ1n) is 6.28. The van der Waals surface area contributed by atoms with Crippen LogP contribution in [-0.2, 0) is 13.1 Å². The van der Waals surface area contributed by atoms with E-state index in [9.17, 15) is 0 Å². The monoisotopic (exact) mass is 216 g/mol. The molecule has 0 aliphatic carbocycles. The maximum atomic E-state index is 2.49. The van der Waals surface area contributed by atoms with Crippen molar-refractivity contribution in [2.24, 2.45) is 0 Å². The highest BCUT2D eigenvalue weighted by molar-refractivity contribution is 5.23. The zero-order valence-corrected chi connectivity index (χ0v) is 10.2. The summed E-state index contributed by atoms with van der Waals surface area (Å²) in [5.74, 6) is 0. The van der Waals surface area contributed by atoms with Gasteiger partial charge in [0.1, 0.15) is 0 Å². The van der Waals surface area contributed by atoms with Crippen LogP contribution in [0.4, 0.5) is 0 Å². The number of hydrogen-bond acceptors (Lipinski definition) is 2. The molecule has 2 saturated heterocycles. The van der Waals surface area contributed by atoms with Crippen molar-refractivity contribution >= 4 is 0 Å². The van der Waals surface area contributed by atoms with Crippen molar-refractivity contribution in [3.63, 3.8) is 0 Å². The van der Waals surface area contributed by atoms with Gasteiger partial charge in [0.05, 0.1) is 0 Å². The lowest BCUT2D eigenvalue weighted by Crippen LogP contribution is -2.02. The van der Waals surface area contributed by atoms with Crippen molar-refractivity contribution < 1.29 is 0 Å². The Bertz CT molecular complexity index is 334. The number of hydrogen-bond donors (Lipinski definition) is 0. The Morgan fingerprint density at radius 1 is 0.875 bits per heavy atom. The van der Waals surface area contributed by atoms with Crippen LogP contribution in [-0.4, -0.2) is 35.0 Å². The SMILES string of the molecule is CC1CN1Cc1ccc(CN2CC2C)cc1. The first-order valence-corrected chi connectivity index (χ1v) is 6.28. The van der Waals surface area contributed by atoms with Crippen LogP contribution in [0.2, 0.25) is 0 Å². The van der Waals surface area contributed by atoms with E-state index in [1.807, 2.05) is 0 Å². The van der Waals surface area contributed by atoms with E-state index in [1.165, 1.54) is 24.2 Å². The third-order valence-electron chi connectivity index (χ3n) is 3.77. The van der Waals surface area contributed by atoms with Gasteiger partial charge in [-0.25, -0.2) is 0 Å². The summed E-state index contributed by atoms with van der Waals surface area (Å²) in [7, 11) is 0. The van der Waals surface area contributed by atoms with Gasteiger partial charge in [-0.2, -0.15) is 0 Å². The second-order valence-corrected chi connectivity index (χ2v) is 5.37. The van der Waals surface area contributed by atoms with E-state index in [4.69, 9.17) is 0 Å². The molecular weight excluding hydrogens is 196 g/mol. The predicted octanol–water partition coefficient (Wildman–Crippen LogP) is 2.09. The van der Waals surface area contributed by atoms with Gasteiger partial charge in [0.2, 0.25) is 0 Å². The summed E-state index contributed by atoms with van der Waals surface area (Å²) >= 11 is 0. The van der Waals surface area contributed by atoms with Crippen LogP contribution in [0.25, 0.3) is 0 Å². The molecule has 1 aromatic rings. The molecule has 2 heteroatoms. The highest BCUT2D eigenvalue weighted by atomic mass is 15.3. The van der Waals surface area contributed by atoms with Gasteiger partial charge in [-0.05, 0) is 25.0 Å². The van der Waals surface area contributed by atoms with Gasteiger partial charge < -0.3 is 0 Å². The molecule has 0 aromatic heterocycles. The fourth-order valence-corrected chi connectivity index (χ4v) is 2.24. The molecule has 2 fully saturated rings. The van der Waals surface area contributed by atoms with Crippen molar-refractivity contribution in [3.05, 3.63) is 35.4 Å². The molecule has 0 N–H and O–H groups in total. The molecule has 0 saturated carbocycles. The summed E-state index contributed by atoms with van der Waals surface area (Å²) < 4.78 is 0. The minimum absolute atomic E-state index is 0.804. The average molecular weight is 216 g/mol. The summed E-state index contributed by atoms with van der Waals surface area (Å²) in [5.41, 5.74) is 2.90. The van der Waals surface area contributed by atoms with E-state index in [0.29, 0.717) is 0 Å². The molecule has 2 aliphatic rings. The largest absolute Gasteiger partial charge is 0.294 e. The Hall–Kier alpha value is -0.860. The summed E-state index contributed by atoms with van der Waals surface area (Å²) in [4.78, 5) is 4.98. The normalized spacial score (nSPS) is 36.1. The Kier molecular flexibility index (Phi) is 2.49. The fourth-order valence-electron chi connectivity index (χ4n) is 2.24. The van der Waals surface area contributed by atoms with Crippen molar-refractivity contribution in [1.82, 2.24) is 9.80 Å². The van der Waals surface area contributed by atoms with E-state index in [2.05, 4.69) is 47.9 Å². The standard InChI is InChI=1S/C14H20N2/c1-11-7-15(11)9-13-3-5-14(6-4-13)10-16-8-12(16)2/h3-6,11-12H,7-10H2,1-2H3. The Balaban J connectivity index is 1.57. The Labute approximate surface area is 97.9 Å². The van der Waals surface area contributed by atoms with Crippen LogP contribution in [0.1, 0.15) is 25.0 Å². The molecule has 0 bridgehead atoms. The van der Waals surface area contributed by atoms with Crippen molar-refractivity contribution in [2.75, 3.05) is 13.1 Å². The molecule has 2 heterocycles. The number of rotatable bonds is 4. The van der Waals surface area contributed by atoms with E-state index in [-0.39, 0.29) is 0 Å². The summed E-state index contributed by atoms with van der Waals surface area (Å²) in [6.07, 6.45) is 0. The lowest BCUT2D eigenvalue weighted by molar-refractivity contribution is 0.509. The van der Waals surface area contributed by atoms with E-state index in [0.717, 1.165) is 25.2 Å². The van der Waals surface area contributed by atoms with Crippen LogP contribution in [0.5, 0.6) is 0 Å². The first-order chi connectivity index (χ1) is 7.72. The van der Waals surface area contributed by atoms with Gasteiger partial charge in [-0.3, -0.25) is 9.80 Å². The number of nitrogens with zero attached hydrogens (tertiary/aromatic N) is 2. The molecule has 0 radical (unpaired) electrons. The zero-order valence-electron chi connectivity index (χ0n) is 10.2. The van der Waals surface area contributed by atoms with Crippen molar-refractivity contribution in [2.45, 2.75) is 39.0 Å². The third-order valence-corrected chi connectivity index (χ3v) is 3.77. The second kappa shape index (κ2) is 3.86. The van der Waals surface area contributed by atoms with Gasteiger partial charge in [-0.1, -0.05) is 24.3 Å². The topological polar surface area (TPSA) is 6.02 Å². The molecule has 4 unspecified atom stereocenters. The van der Waals surface area contributed by atoms with Gasteiger partial charge in [0.15, 0.2) is 0 Å². The highest BCUT2D eigenvalue weighted by Crippen LogP contribution is 2.22. The Morgan fingerprint density at radius 2 is 1.19 bits per heavy atom. The fraction of sp³-hybridized carbons (Fsp3) is 0.571. The minimum Gasteiger partial charge on any atom is -0.294 e. The quantitative estimate of drug-likeness (QED) is 0.711. The van der Waals surface area contributed by atoms with Crippen molar-refractivity contribution in [3.8, 4) is 0 Å². The molecule has 2 nitrogen and oxygen atoms in total. The molecule has 1 aromatic carbocycles.